The number of aromatic nitrogens is 4. The van der Waals surface area contributed by atoms with Gasteiger partial charge in [0.2, 0.25) is 0 Å². The van der Waals surface area contributed by atoms with Crippen LogP contribution < -0.4 is 0 Å². The fourth-order valence-corrected chi connectivity index (χ4v) is 1.24. The number of fused-ring (bicyclic) bond motifs is 1. The minimum absolute atomic E-state index is 0.579. The van der Waals surface area contributed by atoms with Crippen LogP contribution in [-0.2, 0) is 7.05 Å². The summed E-state index contributed by atoms with van der Waals surface area (Å²) in [6.07, 6.45) is 3.14. The number of hydrogen-bond acceptors (Lipinski definition) is 3. The van der Waals surface area contributed by atoms with Crippen LogP contribution in [0.15, 0.2) is 12.4 Å². The highest BCUT2D eigenvalue weighted by Gasteiger charge is 2.04. The van der Waals surface area contributed by atoms with Gasteiger partial charge in [0.05, 0.1) is 17.4 Å². The summed E-state index contributed by atoms with van der Waals surface area (Å²) in [5, 5.41) is 12.1. The van der Waals surface area contributed by atoms with Gasteiger partial charge < -0.3 is 0 Å². The molecular weight excluding hydrogens is 164 g/mol. The smallest absolute Gasteiger partial charge is 0.132 e. The van der Waals surface area contributed by atoms with E-state index in [-0.39, 0.29) is 0 Å². The Hall–Kier alpha value is -1.16. The Kier molecular flexibility index (Phi) is 1.29. The Bertz CT molecular complexity index is 394. The molecule has 0 saturated heterocycles. The number of halogens is 1. The molecule has 0 N–H and O–H groups in total. The molecule has 11 heavy (non-hydrogen) atoms. The lowest BCUT2D eigenvalue weighted by Gasteiger charge is -1.93. The van der Waals surface area contributed by atoms with Gasteiger partial charge in [-0.2, -0.15) is 10.2 Å². The minimum atomic E-state index is 0.579. The summed E-state index contributed by atoms with van der Waals surface area (Å²) in [6, 6.07) is 0. The van der Waals surface area contributed by atoms with E-state index in [9.17, 15) is 0 Å². The van der Waals surface area contributed by atoms with Gasteiger partial charge in [-0.25, -0.2) is 0 Å². The van der Waals surface area contributed by atoms with Gasteiger partial charge in [0.1, 0.15) is 11.0 Å². The van der Waals surface area contributed by atoms with Crippen LogP contribution in [0.1, 0.15) is 0 Å². The van der Waals surface area contributed by atoms with Crippen molar-refractivity contribution in [3.63, 3.8) is 0 Å². The van der Waals surface area contributed by atoms with Crippen LogP contribution in [0, 0.1) is 0 Å². The van der Waals surface area contributed by atoms with Gasteiger partial charge in [-0.05, 0) is 0 Å². The van der Waals surface area contributed by atoms with Crippen LogP contribution in [0.2, 0.25) is 5.02 Å². The molecule has 0 aliphatic rings. The van der Waals surface area contributed by atoms with E-state index in [0.717, 1.165) is 11.0 Å². The summed E-state index contributed by atoms with van der Waals surface area (Å²) in [6.45, 7) is 0. The second kappa shape index (κ2) is 2.17. The molecule has 56 valence electrons. The predicted molar refractivity (Wildman–Crippen MR) is 41.3 cm³/mol. The fraction of sp³-hybridized carbons (Fsp3) is 0.167. The third kappa shape index (κ3) is 0.867. The average molecular weight is 169 g/mol. The maximum absolute atomic E-state index is 5.84. The topological polar surface area (TPSA) is 43.6 Å². The lowest BCUT2D eigenvalue weighted by atomic mass is 10.4. The molecule has 0 atom stereocenters. The Morgan fingerprint density at radius 1 is 1.45 bits per heavy atom. The molecule has 0 radical (unpaired) electrons. The normalized spacial score (nSPS) is 10.7. The van der Waals surface area contributed by atoms with Crippen molar-refractivity contribution in [2.24, 2.45) is 7.05 Å². The van der Waals surface area contributed by atoms with Crippen LogP contribution in [0.3, 0.4) is 0 Å². The summed E-state index contributed by atoms with van der Waals surface area (Å²) in [4.78, 5) is 0. The van der Waals surface area contributed by atoms with Gasteiger partial charge >= 0.3 is 0 Å². The minimum Gasteiger partial charge on any atom is -0.265 e. The molecule has 2 rings (SSSR count). The Balaban J connectivity index is 2.96. The van der Waals surface area contributed by atoms with E-state index < -0.39 is 0 Å². The highest BCUT2D eigenvalue weighted by molar-refractivity contribution is 6.34. The van der Waals surface area contributed by atoms with Crippen molar-refractivity contribution in [2.45, 2.75) is 0 Å². The van der Waals surface area contributed by atoms with Gasteiger partial charge in [-0.1, -0.05) is 11.6 Å². The predicted octanol–water partition coefficient (Wildman–Crippen LogP) is 1.02. The summed E-state index contributed by atoms with van der Waals surface area (Å²) >= 11 is 5.84. The second-order valence-electron chi connectivity index (χ2n) is 2.19. The lowest BCUT2D eigenvalue weighted by Crippen LogP contribution is -1.90. The van der Waals surface area contributed by atoms with E-state index in [2.05, 4.69) is 15.3 Å². The number of aryl methyl sites for hydroxylation is 1. The molecule has 0 aliphatic carbocycles. The molecule has 0 unspecified atom stereocenters. The van der Waals surface area contributed by atoms with Gasteiger partial charge in [0, 0.05) is 7.05 Å². The Morgan fingerprint density at radius 2 is 2.27 bits per heavy atom. The van der Waals surface area contributed by atoms with E-state index in [0.29, 0.717) is 5.02 Å². The van der Waals surface area contributed by atoms with Gasteiger partial charge in [0.25, 0.3) is 0 Å². The van der Waals surface area contributed by atoms with Gasteiger partial charge in [0.15, 0.2) is 0 Å². The van der Waals surface area contributed by atoms with Crippen molar-refractivity contribution in [1.29, 1.82) is 0 Å². The van der Waals surface area contributed by atoms with Gasteiger partial charge in [-0.3, -0.25) is 4.68 Å². The maximum Gasteiger partial charge on any atom is 0.132 e. The number of rotatable bonds is 0. The molecule has 0 fully saturated rings. The summed E-state index contributed by atoms with van der Waals surface area (Å²) in [7, 11) is 1.82. The maximum atomic E-state index is 5.84. The summed E-state index contributed by atoms with van der Waals surface area (Å²) < 4.78 is 1.67. The molecule has 4 nitrogen and oxygen atoms in total. The molecule has 0 amide bonds. The molecule has 0 spiro atoms. The summed E-state index contributed by atoms with van der Waals surface area (Å²) in [5.74, 6) is 0. The van der Waals surface area contributed by atoms with Crippen LogP contribution in [0.4, 0.5) is 0 Å². The fourth-order valence-electron chi connectivity index (χ4n) is 0.979. The Morgan fingerprint density at radius 3 is 3.00 bits per heavy atom. The van der Waals surface area contributed by atoms with Crippen molar-refractivity contribution >= 4 is 22.6 Å². The molecule has 2 aromatic rings. The highest BCUT2D eigenvalue weighted by Crippen LogP contribution is 2.18. The molecule has 2 aromatic heterocycles. The Labute approximate surface area is 67.8 Å². The molecular formula is C6H5ClN4. The van der Waals surface area contributed by atoms with Crippen molar-refractivity contribution in [1.82, 2.24) is 20.0 Å². The van der Waals surface area contributed by atoms with Crippen molar-refractivity contribution < 1.29 is 0 Å². The number of nitrogens with zero attached hydrogens (tertiary/aromatic N) is 4. The van der Waals surface area contributed by atoms with Crippen LogP contribution in [0.25, 0.3) is 11.0 Å². The van der Waals surface area contributed by atoms with E-state index in [1.165, 1.54) is 6.20 Å². The zero-order chi connectivity index (χ0) is 7.84. The first kappa shape index (κ1) is 6.54. The van der Waals surface area contributed by atoms with Crippen LogP contribution in [-0.4, -0.2) is 20.0 Å². The standard InChI is InChI=1S/C6H5ClN4/c1-11-6-4(7)2-8-10-5(6)3-9-11/h2-3H,1H3. The largest absolute Gasteiger partial charge is 0.265 e. The molecule has 2 heterocycles. The third-order valence-electron chi connectivity index (χ3n) is 1.48. The average Bonchev–Trinajstić information content (AvgIpc) is 2.34. The number of hydrogen-bond donors (Lipinski definition) is 0. The van der Waals surface area contributed by atoms with Crippen LogP contribution in [0.5, 0.6) is 0 Å². The molecule has 0 saturated carbocycles. The monoisotopic (exact) mass is 168 g/mol. The van der Waals surface area contributed by atoms with Gasteiger partial charge in [-0.15, -0.1) is 5.10 Å². The SMILES string of the molecule is Cn1ncc2nncc(Cl)c21. The van der Waals surface area contributed by atoms with E-state index in [4.69, 9.17) is 11.6 Å². The molecule has 0 bridgehead atoms. The third-order valence-corrected chi connectivity index (χ3v) is 1.76. The van der Waals surface area contributed by atoms with Crippen molar-refractivity contribution in [3.8, 4) is 0 Å². The zero-order valence-electron chi connectivity index (χ0n) is 5.82. The molecule has 0 aliphatic heterocycles. The highest BCUT2D eigenvalue weighted by atomic mass is 35.5. The van der Waals surface area contributed by atoms with Crippen molar-refractivity contribution in [3.05, 3.63) is 17.4 Å². The summed E-state index contributed by atoms with van der Waals surface area (Å²) in [5.41, 5.74) is 1.54. The lowest BCUT2D eigenvalue weighted by molar-refractivity contribution is 0.796. The van der Waals surface area contributed by atoms with E-state index in [1.54, 1.807) is 10.9 Å². The zero-order valence-corrected chi connectivity index (χ0v) is 6.58. The first-order valence-electron chi connectivity index (χ1n) is 3.08. The quantitative estimate of drug-likeness (QED) is 0.590. The van der Waals surface area contributed by atoms with Crippen molar-refractivity contribution in [2.75, 3.05) is 0 Å². The van der Waals surface area contributed by atoms with Crippen LogP contribution >= 0.6 is 11.6 Å². The molecule has 0 aromatic carbocycles. The second-order valence-corrected chi connectivity index (χ2v) is 2.60. The molecule has 5 heteroatoms. The van der Waals surface area contributed by atoms with E-state index in [1.807, 2.05) is 7.05 Å². The first-order valence-corrected chi connectivity index (χ1v) is 3.46. The van der Waals surface area contributed by atoms with E-state index >= 15 is 0 Å². The first-order chi connectivity index (χ1) is 5.29.